The molecule has 2 N–H and O–H groups in total. The molecule has 1 aliphatic heterocycles. The van der Waals surface area contributed by atoms with Crippen LogP contribution in [0, 0.1) is 11.5 Å². The first kappa shape index (κ1) is 25.2. The van der Waals surface area contributed by atoms with Gasteiger partial charge in [-0.2, -0.15) is 5.26 Å². The Morgan fingerprint density at radius 3 is 2.61 bits per heavy atom. The number of imidazole rings is 1. The maximum Gasteiger partial charge on any atom is 0.179 e. The summed E-state index contributed by atoms with van der Waals surface area (Å²) in [6.07, 6.45) is 10.1. The molecular formula is C30H32N8. The number of hydrogen-bond donors (Lipinski definition) is 1. The van der Waals surface area contributed by atoms with Crippen molar-refractivity contribution in [2.45, 2.75) is 33.4 Å². The molecule has 0 amide bonds. The maximum atomic E-state index is 9.27. The second kappa shape index (κ2) is 10.9. The summed E-state index contributed by atoms with van der Waals surface area (Å²) in [7, 11) is 0. The van der Waals surface area contributed by atoms with Gasteiger partial charge >= 0.3 is 0 Å². The molecule has 1 saturated heterocycles. The number of piperazine rings is 1. The predicted octanol–water partition coefficient (Wildman–Crippen LogP) is 5.03. The average Bonchev–Trinajstić information content (AvgIpc) is 3.31. The topological polar surface area (TPSA) is 99.9 Å². The predicted molar refractivity (Wildman–Crippen MR) is 152 cm³/mol. The van der Waals surface area contributed by atoms with Crippen LogP contribution in [0.5, 0.6) is 0 Å². The third-order valence-corrected chi connectivity index (χ3v) is 6.98. The lowest BCUT2D eigenvalue weighted by atomic mass is 10.1. The Morgan fingerprint density at radius 1 is 1.11 bits per heavy atom. The molecule has 8 heteroatoms. The Bertz CT molecular complexity index is 1540. The largest absolute Gasteiger partial charge is 0.383 e. The molecule has 1 unspecified atom stereocenters. The van der Waals surface area contributed by atoms with Gasteiger partial charge in [0.15, 0.2) is 17.7 Å². The normalized spacial score (nSPS) is 16.8. The molecule has 0 spiro atoms. The molecule has 1 aromatic carbocycles. The number of nitriles is 1. The molecule has 1 atom stereocenters. The molecule has 0 aliphatic carbocycles. The second-order valence-corrected chi connectivity index (χ2v) is 9.53. The monoisotopic (exact) mass is 504 g/mol. The van der Waals surface area contributed by atoms with Crippen molar-refractivity contribution in [3.05, 3.63) is 84.2 Å². The number of rotatable bonds is 6. The molecule has 0 saturated carbocycles. The highest BCUT2D eigenvalue weighted by Crippen LogP contribution is 2.31. The fourth-order valence-electron chi connectivity index (χ4n) is 4.99. The fraction of sp³-hybridized carbons (Fsp3) is 0.267. The summed E-state index contributed by atoms with van der Waals surface area (Å²) in [4.78, 5) is 18.5. The first-order valence-corrected chi connectivity index (χ1v) is 12.9. The van der Waals surface area contributed by atoms with E-state index in [1.807, 2.05) is 49.1 Å². The van der Waals surface area contributed by atoms with Gasteiger partial charge in [0.05, 0.1) is 11.3 Å². The number of aromatic nitrogens is 4. The van der Waals surface area contributed by atoms with Crippen LogP contribution in [-0.4, -0.2) is 55.0 Å². The maximum absolute atomic E-state index is 9.27. The molecule has 8 nitrogen and oxygen atoms in total. The third kappa shape index (κ3) is 4.89. The molecule has 3 aromatic heterocycles. The molecule has 4 aromatic rings. The van der Waals surface area contributed by atoms with E-state index in [1.165, 1.54) is 5.56 Å². The van der Waals surface area contributed by atoms with E-state index >= 15 is 0 Å². The zero-order valence-corrected chi connectivity index (χ0v) is 22.0. The highest BCUT2D eigenvalue weighted by molar-refractivity contribution is 5.85. The number of benzene rings is 1. The Balaban J connectivity index is 1.55. The molecule has 4 heterocycles. The van der Waals surface area contributed by atoms with Crippen molar-refractivity contribution in [3.8, 4) is 23.3 Å². The van der Waals surface area contributed by atoms with Gasteiger partial charge in [0.25, 0.3) is 0 Å². The minimum atomic E-state index is 0.225. The number of pyridine rings is 2. The molecule has 0 radical (unpaired) electrons. The Kier molecular flexibility index (Phi) is 7.20. The van der Waals surface area contributed by atoms with Gasteiger partial charge in [-0.1, -0.05) is 30.4 Å². The summed E-state index contributed by atoms with van der Waals surface area (Å²) in [5.74, 6) is 1.13. The summed E-state index contributed by atoms with van der Waals surface area (Å²) in [6, 6.07) is 16.6. The van der Waals surface area contributed by atoms with Crippen LogP contribution in [-0.2, 0) is 6.54 Å². The van der Waals surface area contributed by atoms with Crippen LogP contribution in [0.15, 0.2) is 73.0 Å². The van der Waals surface area contributed by atoms with Gasteiger partial charge < -0.3 is 10.6 Å². The summed E-state index contributed by atoms with van der Waals surface area (Å²) >= 11 is 0. The van der Waals surface area contributed by atoms with Gasteiger partial charge in [-0.3, -0.25) is 9.47 Å². The number of nitrogens with zero attached hydrogens (tertiary/aromatic N) is 7. The minimum Gasteiger partial charge on any atom is -0.383 e. The van der Waals surface area contributed by atoms with Gasteiger partial charge in [0.1, 0.15) is 11.3 Å². The van der Waals surface area contributed by atoms with E-state index in [-0.39, 0.29) is 6.04 Å². The van der Waals surface area contributed by atoms with Gasteiger partial charge in [-0.15, -0.1) is 0 Å². The van der Waals surface area contributed by atoms with Crippen molar-refractivity contribution < 1.29 is 0 Å². The van der Waals surface area contributed by atoms with E-state index in [1.54, 1.807) is 6.20 Å². The summed E-state index contributed by atoms with van der Waals surface area (Å²) in [5.41, 5.74) is 12.7. The number of nitrogens with two attached hydrogens (primary N) is 1. The SMILES string of the molecule is C/C=C\C(=C/C)c1ccc2nc(-c3cccnc3N)n(-c3ccc(CN4CCN(C#N)C(C)C4)cc3)c2n1. The van der Waals surface area contributed by atoms with Crippen molar-refractivity contribution in [2.24, 2.45) is 0 Å². The summed E-state index contributed by atoms with van der Waals surface area (Å²) < 4.78 is 2.06. The van der Waals surface area contributed by atoms with Crippen LogP contribution in [0.2, 0.25) is 0 Å². The van der Waals surface area contributed by atoms with Crippen molar-refractivity contribution in [1.29, 1.82) is 5.26 Å². The molecule has 1 aliphatic rings. The Morgan fingerprint density at radius 2 is 1.92 bits per heavy atom. The van der Waals surface area contributed by atoms with E-state index < -0.39 is 0 Å². The highest BCUT2D eigenvalue weighted by Gasteiger charge is 2.23. The minimum absolute atomic E-state index is 0.225. The van der Waals surface area contributed by atoms with E-state index in [0.717, 1.165) is 59.9 Å². The number of nitrogen functional groups attached to an aromatic ring is 1. The summed E-state index contributed by atoms with van der Waals surface area (Å²) in [5, 5.41) is 9.27. The third-order valence-electron chi connectivity index (χ3n) is 6.98. The van der Waals surface area contributed by atoms with Gasteiger partial charge in [-0.25, -0.2) is 15.0 Å². The van der Waals surface area contributed by atoms with Gasteiger partial charge in [0.2, 0.25) is 0 Å². The standard InChI is InChI=1S/C30H32N8/c1-4-7-23(5-2)26-13-14-27-30(34-26)38(29(35-27)25-8-6-15-33-28(25)32)24-11-9-22(10-12-24)19-36-16-17-37(20-31)21(3)18-36/h4-15,21H,16-19H2,1-3H3,(H2,32,33)/b7-4-,23-5+. The first-order chi connectivity index (χ1) is 18.5. The van der Waals surface area contributed by atoms with Gasteiger partial charge in [0, 0.05) is 44.1 Å². The average molecular weight is 505 g/mol. The van der Waals surface area contributed by atoms with Crippen LogP contribution in [0.25, 0.3) is 33.8 Å². The highest BCUT2D eigenvalue weighted by atomic mass is 15.3. The Hall–Kier alpha value is -4.48. The van der Waals surface area contributed by atoms with E-state index in [0.29, 0.717) is 11.6 Å². The molecule has 1 fully saturated rings. The zero-order valence-electron chi connectivity index (χ0n) is 22.0. The lowest BCUT2D eigenvalue weighted by molar-refractivity contribution is 0.121. The van der Waals surface area contributed by atoms with Gasteiger partial charge in [-0.05, 0) is 68.3 Å². The molecule has 5 rings (SSSR count). The second-order valence-electron chi connectivity index (χ2n) is 9.53. The molecular weight excluding hydrogens is 472 g/mol. The molecule has 192 valence electrons. The molecule has 38 heavy (non-hydrogen) atoms. The number of anilines is 1. The van der Waals surface area contributed by atoms with Crippen LogP contribution in [0.3, 0.4) is 0 Å². The van der Waals surface area contributed by atoms with Crippen LogP contribution in [0.4, 0.5) is 5.82 Å². The van der Waals surface area contributed by atoms with Crippen molar-refractivity contribution in [1.82, 2.24) is 29.3 Å². The lowest BCUT2D eigenvalue weighted by Crippen LogP contribution is -2.49. The van der Waals surface area contributed by atoms with Crippen molar-refractivity contribution >= 4 is 22.6 Å². The fourth-order valence-corrected chi connectivity index (χ4v) is 4.99. The van der Waals surface area contributed by atoms with E-state index in [9.17, 15) is 5.26 Å². The number of fused-ring (bicyclic) bond motifs is 1. The number of allylic oxidation sites excluding steroid dienone is 4. The first-order valence-electron chi connectivity index (χ1n) is 12.9. The quantitative estimate of drug-likeness (QED) is 0.290. The number of hydrogen-bond acceptors (Lipinski definition) is 7. The molecule has 0 bridgehead atoms. The summed E-state index contributed by atoms with van der Waals surface area (Å²) in [6.45, 7) is 9.47. The zero-order chi connectivity index (χ0) is 26.6. The Labute approximate surface area is 223 Å². The van der Waals surface area contributed by atoms with Crippen LogP contribution < -0.4 is 5.73 Å². The lowest BCUT2D eigenvalue weighted by Gasteiger charge is -2.36. The smallest absolute Gasteiger partial charge is 0.179 e. The van der Waals surface area contributed by atoms with Crippen molar-refractivity contribution in [3.63, 3.8) is 0 Å². The van der Waals surface area contributed by atoms with Crippen molar-refractivity contribution in [2.75, 3.05) is 25.4 Å². The van der Waals surface area contributed by atoms with Crippen LogP contribution >= 0.6 is 0 Å². The van der Waals surface area contributed by atoms with E-state index in [4.69, 9.17) is 15.7 Å². The van der Waals surface area contributed by atoms with Crippen LogP contribution in [0.1, 0.15) is 32.0 Å². The van der Waals surface area contributed by atoms with E-state index in [2.05, 4.69) is 64.0 Å².